The molecule has 2 aliphatic heterocycles. The van der Waals surface area contributed by atoms with Crippen LogP contribution < -0.4 is 19.7 Å². The highest BCUT2D eigenvalue weighted by Crippen LogP contribution is 2.47. The summed E-state index contributed by atoms with van der Waals surface area (Å²) in [7, 11) is 0. The molecule has 3 aliphatic rings. The third-order valence-electron chi connectivity index (χ3n) is 7.60. The van der Waals surface area contributed by atoms with Gasteiger partial charge in [-0.25, -0.2) is 4.98 Å². The summed E-state index contributed by atoms with van der Waals surface area (Å²) >= 11 is 1.58. The number of nitrogens with zero attached hydrogens (tertiary/aromatic N) is 2. The van der Waals surface area contributed by atoms with Gasteiger partial charge in [0.2, 0.25) is 6.79 Å². The number of rotatable bonds is 3. The molecule has 172 valence electrons. The van der Waals surface area contributed by atoms with Crippen LogP contribution in [0.4, 0.5) is 10.8 Å². The molecule has 0 radical (unpaired) electrons. The van der Waals surface area contributed by atoms with Crippen LogP contribution in [0, 0.1) is 11.8 Å². The molecule has 3 atom stereocenters. The molecule has 0 spiro atoms. The van der Waals surface area contributed by atoms with Gasteiger partial charge < -0.3 is 19.7 Å². The maximum absolute atomic E-state index is 13.5. The zero-order valence-electron chi connectivity index (χ0n) is 19.1. The van der Waals surface area contributed by atoms with Crippen LogP contribution in [0.3, 0.4) is 0 Å². The molecule has 6 rings (SSSR count). The van der Waals surface area contributed by atoms with E-state index >= 15 is 0 Å². The number of hydrogen-bond acceptors (Lipinski definition) is 6. The van der Waals surface area contributed by atoms with Crippen LogP contribution in [0.2, 0.25) is 0 Å². The molecule has 6 nitrogen and oxygen atoms in total. The second-order valence-corrected chi connectivity index (χ2v) is 10.5. The SMILES string of the molecule is C[C@H]1[C@H](C)CCC[C@H]1NC(=O)c1cc2c(c3sc(N4CCCc5ccccc54)nc13)OCO2. The van der Waals surface area contributed by atoms with E-state index in [0.717, 1.165) is 42.1 Å². The van der Waals surface area contributed by atoms with E-state index < -0.39 is 0 Å². The fraction of sp³-hybridized carbons (Fsp3) is 0.462. The molecule has 3 heterocycles. The Morgan fingerprint density at radius 1 is 1.18 bits per heavy atom. The fourth-order valence-corrected chi connectivity index (χ4v) is 6.59. The normalized spacial score (nSPS) is 24.1. The summed E-state index contributed by atoms with van der Waals surface area (Å²) in [5.74, 6) is 2.34. The predicted molar refractivity (Wildman–Crippen MR) is 131 cm³/mol. The second-order valence-electron chi connectivity index (χ2n) is 9.56. The Morgan fingerprint density at radius 3 is 2.97 bits per heavy atom. The van der Waals surface area contributed by atoms with Gasteiger partial charge in [0, 0.05) is 18.3 Å². The summed E-state index contributed by atoms with van der Waals surface area (Å²) in [6.45, 7) is 5.62. The van der Waals surface area contributed by atoms with Crippen molar-refractivity contribution < 1.29 is 14.3 Å². The van der Waals surface area contributed by atoms with Gasteiger partial charge in [-0.15, -0.1) is 0 Å². The van der Waals surface area contributed by atoms with Gasteiger partial charge in [0.25, 0.3) is 5.91 Å². The zero-order valence-corrected chi connectivity index (χ0v) is 19.9. The van der Waals surface area contributed by atoms with Crippen molar-refractivity contribution in [3.05, 3.63) is 41.5 Å². The largest absolute Gasteiger partial charge is 0.454 e. The Bertz CT molecular complexity index is 1220. The van der Waals surface area contributed by atoms with Crippen LogP contribution >= 0.6 is 11.3 Å². The number of amides is 1. The van der Waals surface area contributed by atoms with Gasteiger partial charge in [-0.1, -0.05) is 56.2 Å². The number of anilines is 2. The molecule has 33 heavy (non-hydrogen) atoms. The van der Waals surface area contributed by atoms with Crippen molar-refractivity contribution in [3.63, 3.8) is 0 Å². The highest BCUT2D eigenvalue weighted by atomic mass is 32.1. The van der Waals surface area contributed by atoms with Gasteiger partial charge >= 0.3 is 0 Å². The molecule has 1 aliphatic carbocycles. The molecule has 0 bridgehead atoms. The van der Waals surface area contributed by atoms with Crippen molar-refractivity contribution in [1.29, 1.82) is 0 Å². The Kier molecular flexibility index (Phi) is 5.17. The maximum Gasteiger partial charge on any atom is 0.253 e. The number of benzene rings is 2. The van der Waals surface area contributed by atoms with Gasteiger partial charge in [-0.05, 0) is 48.8 Å². The number of thiazole rings is 1. The predicted octanol–water partition coefficient (Wildman–Crippen LogP) is 5.66. The monoisotopic (exact) mass is 463 g/mol. The Balaban J connectivity index is 1.40. The van der Waals surface area contributed by atoms with Gasteiger partial charge in [-0.3, -0.25) is 4.79 Å². The molecule has 1 saturated carbocycles. The van der Waals surface area contributed by atoms with Crippen LogP contribution in [0.5, 0.6) is 11.5 Å². The molecule has 2 aromatic carbocycles. The lowest BCUT2D eigenvalue weighted by atomic mass is 9.78. The number of para-hydroxylation sites is 1. The van der Waals surface area contributed by atoms with Crippen molar-refractivity contribution >= 4 is 38.3 Å². The lowest BCUT2D eigenvalue weighted by molar-refractivity contribution is 0.0892. The van der Waals surface area contributed by atoms with Crippen LogP contribution in [0.15, 0.2) is 30.3 Å². The van der Waals surface area contributed by atoms with E-state index in [0.29, 0.717) is 34.4 Å². The highest BCUT2D eigenvalue weighted by Gasteiger charge is 2.32. The van der Waals surface area contributed by atoms with Gasteiger partial charge in [-0.2, -0.15) is 0 Å². The Morgan fingerprint density at radius 2 is 2.06 bits per heavy atom. The first kappa shape index (κ1) is 20.8. The average molecular weight is 464 g/mol. The van der Waals surface area contributed by atoms with Crippen molar-refractivity contribution in [1.82, 2.24) is 10.3 Å². The van der Waals surface area contributed by atoms with Crippen molar-refractivity contribution in [2.75, 3.05) is 18.2 Å². The molecule has 3 aromatic rings. The molecule has 1 amide bonds. The smallest absolute Gasteiger partial charge is 0.253 e. The fourth-order valence-electron chi connectivity index (χ4n) is 5.47. The Labute approximate surface area is 197 Å². The first-order valence-corrected chi connectivity index (χ1v) is 12.8. The first-order chi connectivity index (χ1) is 16.1. The van der Waals surface area contributed by atoms with Crippen molar-refractivity contribution in [2.45, 2.75) is 52.0 Å². The first-order valence-electron chi connectivity index (χ1n) is 12.0. The minimum atomic E-state index is -0.0693. The van der Waals surface area contributed by atoms with E-state index in [2.05, 4.69) is 48.3 Å². The highest BCUT2D eigenvalue weighted by molar-refractivity contribution is 7.22. The van der Waals surface area contributed by atoms with E-state index in [1.54, 1.807) is 11.3 Å². The number of carbonyl (C=O) groups is 1. The number of nitrogens with one attached hydrogen (secondary N) is 1. The molecule has 1 N–H and O–H groups in total. The summed E-state index contributed by atoms with van der Waals surface area (Å²) < 4.78 is 12.4. The van der Waals surface area contributed by atoms with E-state index in [1.165, 1.54) is 17.7 Å². The van der Waals surface area contributed by atoms with E-state index in [4.69, 9.17) is 14.5 Å². The molecule has 7 heteroatoms. The van der Waals surface area contributed by atoms with Gasteiger partial charge in [0.05, 0.1) is 5.56 Å². The van der Waals surface area contributed by atoms with Crippen molar-refractivity contribution in [3.8, 4) is 11.5 Å². The molecule has 1 aromatic heterocycles. The molecule has 0 saturated heterocycles. The number of aryl methyl sites for hydroxylation is 1. The molecule has 1 fully saturated rings. The number of fused-ring (bicyclic) bond motifs is 4. The number of aromatic nitrogens is 1. The average Bonchev–Trinajstić information content (AvgIpc) is 3.48. The number of hydrogen-bond donors (Lipinski definition) is 1. The summed E-state index contributed by atoms with van der Waals surface area (Å²) in [6.07, 6.45) is 5.57. The minimum Gasteiger partial charge on any atom is -0.454 e. The molecular formula is C26H29N3O3S. The third-order valence-corrected chi connectivity index (χ3v) is 8.68. The van der Waals surface area contributed by atoms with Crippen LogP contribution in [0.25, 0.3) is 10.2 Å². The zero-order chi connectivity index (χ0) is 22.5. The van der Waals surface area contributed by atoms with Crippen molar-refractivity contribution in [2.24, 2.45) is 11.8 Å². The third kappa shape index (κ3) is 3.53. The second kappa shape index (κ2) is 8.20. The van der Waals surface area contributed by atoms with E-state index in [9.17, 15) is 4.79 Å². The topological polar surface area (TPSA) is 63.7 Å². The van der Waals surface area contributed by atoms with Crippen LogP contribution in [-0.2, 0) is 6.42 Å². The van der Waals surface area contributed by atoms with Gasteiger partial charge in [0.1, 0.15) is 10.2 Å². The summed E-state index contributed by atoms with van der Waals surface area (Å²) in [5, 5.41) is 4.22. The maximum atomic E-state index is 13.5. The van der Waals surface area contributed by atoms with E-state index in [-0.39, 0.29) is 18.7 Å². The standard InChI is InChI=1S/C26H29N3O3S/c1-15-7-5-10-19(16(15)2)27-25(30)18-13-21-23(32-14-31-21)24-22(18)28-26(33-24)29-12-6-9-17-8-3-4-11-20(17)29/h3-4,8,11,13,15-16,19H,5-7,9-10,12,14H2,1-2H3,(H,27,30)/t15-,16+,19-/m1/s1. The summed E-state index contributed by atoms with van der Waals surface area (Å²) in [4.78, 5) is 20.8. The van der Waals surface area contributed by atoms with Crippen LogP contribution in [-0.4, -0.2) is 30.3 Å². The number of carbonyl (C=O) groups excluding carboxylic acids is 1. The lowest BCUT2D eigenvalue weighted by Crippen LogP contribution is -2.43. The molecular weight excluding hydrogens is 434 g/mol. The van der Waals surface area contributed by atoms with Crippen LogP contribution in [0.1, 0.15) is 55.5 Å². The summed E-state index contributed by atoms with van der Waals surface area (Å²) in [6, 6.07) is 10.5. The van der Waals surface area contributed by atoms with E-state index in [1.807, 2.05) is 6.07 Å². The minimum absolute atomic E-state index is 0.0693. The quantitative estimate of drug-likeness (QED) is 0.543. The molecule has 0 unspecified atom stereocenters. The summed E-state index contributed by atoms with van der Waals surface area (Å²) in [5.41, 5.74) is 3.82. The number of ether oxygens (including phenoxy) is 2. The van der Waals surface area contributed by atoms with Gasteiger partial charge in [0.15, 0.2) is 16.6 Å². The Hall–Kier alpha value is -2.80. The lowest BCUT2D eigenvalue weighted by Gasteiger charge is -2.34.